The molecule has 0 heterocycles. The van der Waals surface area contributed by atoms with E-state index in [1.165, 1.54) is 0 Å². The summed E-state index contributed by atoms with van der Waals surface area (Å²) >= 11 is 15.3. The lowest BCUT2D eigenvalue weighted by Crippen LogP contribution is -2.03. The minimum absolute atomic E-state index is 0.499. The number of aliphatic hydroxyl groups is 1. The Balaban J connectivity index is 2.22. The molecule has 1 atom stereocenters. The Hall–Kier alpha value is -0.540. The zero-order valence-electron chi connectivity index (χ0n) is 10.3. The number of aliphatic hydroxyl groups excluding tert-OH is 1. The van der Waals surface area contributed by atoms with Gasteiger partial charge in [0.25, 0.3) is 0 Å². The van der Waals surface area contributed by atoms with Crippen LogP contribution in [0.15, 0.2) is 40.9 Å². The van der Waals surface area contributed by atoms with Gasteiger partial charge in [-0.3, -0.25) is 0 Å². The molecule has 0 saturated heterocycles. The predicted molar refractivity (Wildman–Crippen MR) is 84.0 cm³/mol. The molecule has 0 aliphatic carbocycles. The Morgan fingerprint density at radius 2 is 1.84 bits per heavy atom. The third-order valence-electron chi connectivity index (χ3n) is 2.92. The van der Waals surface area contributed by atoms with Gasteiger partial charge in [-0.05, 0) is 36.2 Å². The molecule has 1 N–H and O–H groups in total. The molecule has 0 radical (unpaired) electrons. The fraction of sp³-hybridized carbons (Fsp3) is 0.200. The number of hydrogen-bond donors (Lipinski definition) is 1. The second-order valence-corrected chi connectivity index (χ2v) is 6.16. The van der Waals surface area contributed by atoms with Gasteiger partial charge in [0.15, 0.2) is 0 Å². The molecule has 2 aromatic carbocycles. The van der Waals surface area contributed by atoms with Gasteiger partial charge in [-0.25, -0.2) is 0 Å². The van der Waals surface area contributed by atoms with Gasteiger partial charge in [0.2, 0.25) is 0 Å². The van der Waals surface area contributed by atoms with Crippen LogP contribution in [0.2, 0.25) is 10.0 Å². The van der Waals surface area contributed by atoms with E-state index < -0.39 is 6.10 Å². The molecule has 0 aliphatic heterocycles. The largest absolute Gasteiger partial charge is 0.388 e. The van der Waals surface area contributed by atoms with Gasteiger partial charge in [-0.15, -0.1) is 0 Å². The van der Waals surface area contributed by atoms with Crippen LogP contribution in [0.1, 0.15) is 22.8 Å². The van der Waals surface area contributed by atoms with Crippen molar-refractivity contribution in [2.24, 2.45) is 0 Å². The summed E-state index contributed by atoms with van der Waals surface area (Å²) in [7, 11) is 0. The predicted octanol–water partition coefficient (Wildman–Crippen LogP) is 5.34. The van der Waals surface area contributed by atoms with Gasteiger partial charge in [0, 0.05) is 10.9 Å². The number of aryl methyl sites for hydroxylation is 1. The highest BCUT2D eigenvalue weighted by atomic mass is 79.9. The van der Waals surface area contributed by atoms with Crippen molar-refractivity contribution in [3.8, 4) is 0 Å². The van der Waals surface area contributed by atoms with Crippen molar-refractivity contribution < 1.29 is 5.11 Å². The maximum Gasteiger partial charge on any atom is 0.0841 e. The maximum absolute atomic E-state index is 10.3. The second kappa shape index (κ2) is 6.27. The minimum Gasteiger partial charge on any atom is -0.388 e. The highest BCUT2D eigenvalue weighted by molar-refractivity contribution is 9.10. The van der Waals surface area contributed by atoms with E-state index in [0.29, 0.717) is 16.5 Å². The van der Waals surface area contributed by atoms with Crippen LogP contribution in [-0.4, -0.2) is 5.11 Å². The van der Waals surface area contributed by atoms with Crippen molar-refractivity contribution >= 4 is 39.1 Å². The first-order valence-electron chi connectivity index (χ1n) is 5.85. The van der Waals surface area contributed by atoms with E-state index in [1.54, 1.807) is 12.1 Å². The average Bonchev–Trinajstić information content (AvgIpc) is 2.36. The first kappa shape index (κ1) is 14.9. The molecular weight excluding hydrogens is 347 g/mol. The fourth-order valence-corrected chi connectivity index (χ4v) is 2.75. The Kier molecular flexibility index (Phi) is 4.91. The third kappa shape index (κ3) is 3.73. The van der Waals surface area contributed by atoms with E-state index >= 15 is 0 Å². The van der Waals surface area contributed by atoms with Crippen molar-refractivity contribution in [2.45, 2.75) is 19.4 Å². The Morgan fingerprint density at radius 3 is 2.53 bits per heavy atom. The number of benzene rings is 2. The maximum atomic E-state index is 10.3. The average molecular weight is 360 g/mol. The second-order valence-electron chi connectivity index (χ2n) is 4.49. The van der Waals surface area contributed by atoms with Crippen LogP contribution < -0.4 is 0 Å². The van der Waals surface area contributed by atoms with Gasteiger partial charge in [-0.2, -0.15) is 0 Å². The van der Waals surface area contributed by atoms with Crippen molar-refractivity contribution in [3.05, 3.63) is 67.6 Å². The van der Waals surface area contributed by atoms with Crippen LogP contribution in [0.25, 0.3) is 0 Å². The third-order valence-corrected chi connectivity index (χ3v) is 4.38. The Bertz CT molecular complexity index is 599. The Morgan fingerprint density at radius 1 is 1.11 bits per heavy atom. The van der Waals surface area contributed by atoms with E-state index in [-0.39, 0.29) is 0 Å². The zero-order chi connectivity index (χ0) is 14.0. The molecule has 1 nitrogen and oxygen atoms in total. The standard InChI is InChI=1S/C15H13BrCl2O/c1-9-2-4-12(16)11(6-9)15(19)8-10-3-5-13(17)14(18)7-10/h2-7,15,19H,8H2,1H3. The number of halogens is 3. The normalized spacial score (nSPS) is 12.5. The number of hydrogen-bond acceptors (Lipinski definition) is 1. The summed E-state index contributed by atoms with van der Waals surface area (Å²) in [6.45, 7) is 2.00. The lowest BCUT2D eigenvalue weighted by atomic mass is 10.00. The van der Waals surface area contributed by atoms with Crippen molar-refractivity contribution in [1.29, 1.82) is 0 Å². The molecule has 100 valence electrons. The molecule has 0 amide bonds. The Labute approximate surface area is 131 Å². The highest BCUT2D eigenvalue weighted by Crippen LogP contribution is 2.29. The van der Waals surface area contributed by atoms with E-state index in [1.807, 2.05) is 31.2 Å². The van der Waals surface area contributed by atoms with Crippen molar-refractivity contribution in [1.82, 2.24) is 0 Å². The first-order valence-corrected chi connectivity index (χ1v) is 7.40. The van der Waals surface area contributed by atoms with E-state index in [9.17, 15) is 5.11 Å². The molecule has 0 fully saturated rings. The van der Waals surface area contributed by atoms with E-state index in [4.69, 9.17) is 23.2 Å². The molecule has 2 rings (SSSR count). The quantitative estimate of drug-likeness (QED) is 0.784. The molecule has 19 heavy (non-hydrogen) atoms. The van der Waals surface area contributed by atoms with Crippen LogP contribution in [0.3, 0.4) is 0 Å². The van der Waals surface area contributed by atoms with E-state index in [2.05, 4.69) is 15.9 Å². The lowest BCUT2D eigenvalue weighted by molar-refractivity contribution is 0.177. The van der Waals surface area contributed by atoms with Gasteiger partial charge < -0.3 is 5.11 Å². The number of rotatable bonds is 3. The molecule has 1 unspecified atom stereocenters. The molecule has 0 spiro atoms. The topological polar surface area (TPSA) is 20.2 Å². The minimum atomic E-state index is -0.577. The zero-order valence-corrected chi connectivity index (χ0v) is 13.4. The van der Waals surface area contributed by atoms with Crippen molar-refractivity contribution in [2.75, 3.05) is 0 Å². The highest BCUT2D eigenvalue weighted by Gasteiger charge is 2.13. The van der Waals surface area contributed by atoms with Gasteiger partial charge in [0.1, 0.15) is 0 Å². The summed E-state index contributed by atoms with van der Waals surface area (Å²) in [5.41, 5.74) is 2.95. The summed E-state index contributed by atoms with van der Waals surface area (Å²) in [5.74, 6) is 0. The molecule has 0 bridgehead atoms. The summed E-state index contributed by atoms with van der Waals surface area (Å²) in [4.78, 5) is 0. The van der Waals surface area contributed by atoms with Gasteiger partial charge in [0.05, 0.1) is 16.1 Å². The fourth-order valence-electron chi connectivity index (χ4n) is 1.92. The van der Waals surface area contributed by atoms with Crippen LogP contribution in [0, 0.1) is 6.92 Å². The summed E-state index contributed by atoms with van der Waals surface area (Å²) in [6, 6.07) is 11.3. The summed E-state index contributed by atoms with van der Waals surface area (Å²) < 4.78 is 0.908. The SMILES string of the molecule is Cc1ccc(Br)c(C(O)Cc2ccc(Cl)c(Cl)c2)c1. The van der Waals surface area contributed by atoms with Gasteiger partial charge in [-0.1, -0.05) is 62.9 Å². The van der Waals surface area contributed by atoms with E-state index in [0.717, 1.165) is 21.2 Å². The molecule has 0 aliphatic rings. The lowest BCUT2D eigenvalue weighted by Gasteiger charge is -2.14. The molecular formula is C15H13BrCl2O. The smallest absolute Gasteiger partial charge is 0.0841 e. The first-order chi connectivity index (χ1) is 8.97. The summed E-state index contributed by atoms with van der Waals surface area (Å²) in [6.07, 6.45) is -0.0783. The summed E-state index contributed by atoms with van der Waals surface area (Å²) in [5, 5.41) is 11.4. The van der Waals surface area contributed by atoms with Crippen LogP contribution >= 0.6 is 39.1 Å². The van der Waals surface area contributed by atoms with Crippen molar-refractivity contribution in [3.63, 3.8) is 0 Å². The monoisotopic (exact) mass is 358 g/mol. The molecule has 0 saturated carbocycles. The van der Waals surface area contributed by atoms with Crippen LogP contribution in [-0.2, 0) is 6.42 Å². The molecule has 2 aromatic rings. The van der Waals surface area contributed by atoms with Crippen LogP contribution in [0.5, 0.6) is 0 Å². The molecule has 4 heteroatoms. The van der Waals surface area contributed by atoms with Gasteiger partial charge >= 0.3 is 0 Å². The van der Waals surface area contributed by atoms with Crippen LogP contribution in [0.4, 0.5) is 0 Å². The molecule has 0 aromatic heterocycles.